The highest BCUT2D eigenvalue weighted by Crippen LogP contribution is 2.24. The number of guanidine groups is 1. The summed E-state index contributed by atoms with van der Waals surface area (Å²) < 4.78 is 24.7. The van der Waals surface area contributed by atoms with Gasteiger partial charge in [-0.15, -0.1) is 11.3 Å². The van der Waals surface area contributed by atoms with Gasteiger partial charge in [0.1, 0.15) is 0 Å². The summed E-state index contributed by atoms with van der Waals surface area (Å²) in [7, 11) is -1.34. The van der Waals surface area contributed by atoms with Crippen LogP contribution in [0.3, 0.4) is 0 Å². The normalized spacial score (nSPS) is 16.9. The highest BCUT2D eigenvalue weighted by Gasteiger charge is 2.20. The molecule has 148 valence electrons. The molecule has 0 spiro atoms. The second kappa shape index (κ2) is 10.1. The Morgan fingerprint density at radius 2 is 2.15 bits per heavy atom. The van der Waals surface area contributed by atoms with E-state index in [2.05, 4.69) is 38.0 Å². The molecule has 0 bridgehead atoms. The largest absolute Gasteiger partial charge is 0.363 e. The van der Waals surface area contributed by atoms with Crippen molar-refractivity contribution in [1.82, 2.24) is 14.9 Å². The molecule has 0 amide bonds. The number of hydrogen-bond acceptors (Lipinski definition) is 5. The van der Waals surface area contributed by atoms with E-state index in [4.69, 9.17) is 0 Å². The molecule has 0 unspecified atom stereocenters. The minimum atomic E-state index is -3.11. The molecule has 0 aliphatic carbocycles. The maximum Gasteiger partial charge on any atom is 0.211 e. The van der Waals surface area contributed by atoms with Gasteiger partial charge in [0.2, 0.25) is 10.0 Å². The third-order valence-electron chi connectivity index (χ3n) is 4.58. The van der Waals surface area contributed by atoms with Crippen LogP contribution in [0.2, 0.25) is 0 Å². The summed E-state index contributed by atoms with van der Waals surface area (Å²) in [6, 6.07) is 4.69. The van der Waals surface area contributed by atoms with Crippen molar-refractivity contribution in [3.63, 3.8) is 0 Å². The summed E-state index contributed by atoms with van der Waals surface area (Å²) in [5, 5.41) is 10.2. The number of nitrogens with one attached hydrogen (secondary N) is 2. The van der Waals surface area contributed by atoms with Crippen LogP contribution < -0.4 is 15.5 Å². The lowest BCUT2D eigenvalue weighted by Gasteiger charge is -2.33. The highest BCUT2D eigenvalue weighted by atomic mass is 32.2. The van der Waals surface area contributed by atoms with Crippen LogP contribution in [-0.2, 0) is 10.0 Å². The van der Waals surface area contributed by atoms with Gasteiger partial charge in [-0.2, -0.15) is 0 Å². The molecule has 1 aromatic heterocycles. The zero-order valence-corrected chi connectivity index (χ0v) is 17.6. The smallest absolute Gasteiger partial charge is 0.211 e. The minimum absolute atomic E-state index is 0.417. The van der Waals surface area contributed by atoms with Gasteiger partial charge < -0.3 is 15.5 Å². The summed E-state index contributed by atoms with van der Waals surface area (Å²) >= 11 is 1.79. The van der Waals surface area contributed by atoms with E-state index in [9.17, 15) is 8.42 Å². The van der Waals surface area contributed by atoms with Gasteiger partial charge in [0.15, 0.2) is 5.96 Å². The van der Waals surface area contributed by atoms with Crippen molar-refractivity contribution in [1.29, 1.82) is 0 Å². The Morgan fingerprint density at radius 3 is 2.69 bits per heavy atom. The number of hydrogen-bond donors (Lipinski definition) is 2. The maximum absolute atomic E-state index is 11.6. The van der Waals surface area contributed by atoms with Gasteiger partial charge in [-0.25, -0.2) is 12.7 Å². The van der Waals surface area contributed by atoms with Crippen LogP contribution in [0.25, 0.3) is 0 Å². The van der Waals surface area contributed by atoms with Crippen LogP contribution in [0.15, 0.2) is 22.5 Å². The molecule has 2 rings (SSSR count). The topological polar surface area (TPSA) is 77.0 Å². The predicted molar refractivity (Wildman–Crippen MR) is 111 cm³/mol. The summed E-state index contributed by atoms with van der Waals surface area (Å²) in [4.78, 5) is 6.72. The Balaban J connectivity index is 1.68. The molecular formula is C17H31N5O2S2. The number of thiophene rings is 1. The van der Waals surface area contributed by atoms with Crippen LogP contribution in [0.5, 0.6) is 0 Å². The van der Waals surface area contributed by atoms with Gasteiger partial charge in [0.25, 0.3) is 0 Å². The molecule has 1 saturated heterocycles. The van der Waals surface area contributed by atoms with Crippen LogP contribution >= 0.6 is 11.3 Å². The van der Waals surface area contributed by atoms with E-state index in [0.29, 0.717) is 25.7 Å². The van der Waals surface area contributed by atoms with Crippen molar-refractivity contribution in [2.75, 3.05) is 50.9 Å². The summed E-state index contributed by atoms with van der Waals surface area (Å²) in [6.45, 7) is 5.69. The van der Waals surface area contributed by atoms with E-state index < -0.39 is 10.0 Å². The second-order valence-electron chi connectivity index (χ2n) is 6.46. The number of sulfonamides is 1. The number of piperidine rings is 1. The first kappa shape index (κ1) is 21.0. The van der Waals surface area contributed by atoms with E-state index in [1.165, 1.54) is 15.6 Å². The maximum atomic E-state index is 11.6. The molecule has 1 aliphatic rings. The Morgan fingerprint density at radius 1 is 1.42 bits per heavy atom. The first-order valence-corrected chi connectivity index (χ1v) is 11.9. The van der Waals surface area contributed by atoms with Crippen molar-refractivity contribution in [2.24, 2.45) is 4.99 Å². The molecule has 7 nitrogen and oxygen atoms in total. The van der Waals surface area contributed by atoms with Crippen LogP contribution in [0.4, 0.5) is 5.00 Å². The Hall–Kier alpha value is -1.32. The molecule has 2 N–H and O–H groups in total. The zero-order valence-electron chi connectivity index (χ0n) is 15.9. The van der Waals surface area contributed by atoms with Crippen molar-refractivity contribution in [2.45, 2.75) is 32.2 Å². The third-order valence-corrected chi connectivity index (χ3v) is 6.88. The standard InChI is InChI=1S/C17H31N5O2S2/c1-4-22(26(3,23)24)11-6-10-19-17(18-2)20-15-8-12-21(13-9-15)16-7-5-14-25-16/h5,7,14-15H,4,6,8-13H2,1-3H3,(H2,18,19,20). The van der Waals surface area contributed by atoms with Gasteiger partial charge in [0, 0.05) is 45.8 Å². The first-order valence-electron chi connectivity index (χ1n) is 9.14. The molecule has 1 aromatic rings. The molecule has 26 heavy (non-hydrogen) atoms. The number of aliphatic imine (C=N–C) groups is 1. The first-order chi connectivity index (χ1) is 12.4. The highest BCUT2D eigenvalue weighted by molar-refractivity contribution is 7.88. The molecule has 9 heteroatoms. The fraction of sp³-hybridized carbons (Fsp3) is 0.706. The SMILES string of the molecule is CCN(CCCNC(=NC)NC1CCN(c2cccs2)CC1)S(C)(=O)=O. The van der Waals surface area contributed by atoms with Crippen molar-refractivity contribution in [3.8, 4) is 0 Å². The van der Waals surface area contributed by atoms with Crippen molar-refractivity contribution in [3.05, 3.63) is 17.5 Å². The monoisotopic (exact) mass is 401 g/mol. The number of rotatable bonds is 8. The van der Waals surface area contributed by atoms with E-state index in [0.717, 1.165) is 38.3 Å². The quantitative estimate of drug-likeness (QED) is 0.393. The molecule has 0 saturated carbocycles. The second-order valence-corrected chi connectivity index (χ2v) is 9.37. The number of anilines is 1. The minimum Gasteiger partial charge on any atom is -0.363 e. The van der Waals surface area contributed by atoms with Gasteiger partial charge in [0.05, 0.1) is 11.3 Å². The van der Waals surface area contributed by atoms with Crippen LogP contribution in [-0.4, -0.2) is 70.8 Å². The molecule has 0 atom stereocenters. The van der Waals surface area contributed by atoms with Gasteiger partial charge in [-0.3, -0.25) is 4.99 Å². The predicted octanol–water partition coefficient (Wildman–Crippen LogP) is 1.55. The zero-order chi connectivity index (χ0) is 19.0. The Kier molecular flexibility index (Phi) is 8.17. The summed E-state index contributed by atoms with van der Waals surface area (Å²) in [5.41, 5.74) is 0. The molecule has 0 aromatic carbocycles. The molecule has 2 heterocycles. The summed E-state index contributed by atoms with van der Waals surface area (Å²) in [5.74, 6) is 0.793. The van der Waals surface area contributed by atoms with Gasteiger partial charge in [-0.05, 0) is 36.8 Å². The lowest BCUT2D eigenvalue weighted by molar-refractivity contribution is 0.422. The average Bonchev–Trinajstić information content (AvgIpc) is 3.14. The van der Waals surface area contributed by atoms with Crippen LogP contribution in [0, 0.1) is 0 Å². The third kappa shape index (κ3) is 6.44. The van der Waals surface area contributed by atoms with Crippen molar-refractivity contribution < 1.29 is 8.42 Å². The van der Waals surface area contributed by atoms with E-state index in [1.807, 2.05) is 6.92 Å². The fourth-order valence-electron chi connectivity index (χ4n) is 3.10. The molecule has 0 radical (unpaired) electrons. The molecule has 1 fully saturated rings. The average molecular weight is 402 g/mol. The lowest BCUT2D eigenvalue weighted by atomic mass is 10.1. The lowest BCUT2D eigenvalue weighted by Crippen LogP contribution is -2.49. The van der Waals surface area contributed by atoms with Crippen molar-refractivity contribution >= 4 is 32.3 Å². The summed E-state index contributed by atoms with van der Waals surface area (Å²) in [6.07, 6.45) is 4.16. The van der Waals surface area contributed by atoms with Gasteiger partial charge >= 0.3 is 0 Å². The molecule has 1 aliphatic heterocycles. The van der Waals surface area contributed by atoms with E-state index in [1.54, 1.807) is 18.4 Å². The van der Waals surface area contributed by atoms with E-state index >= 15 is 0 Å². The van der Waals surface area contributed by atoms with E-state index in [-0.39, 0.29) is 0 Å². The fourth-order valence-corrected chi connectivity index (χ4v) is 4.82. The Bertz CT molecular complexity index is 653. The molecular weight excluding hydrogens is 370 g/mol. The van der Waals surface area contributed by atoms with Crippen LogP contribution in [0.1, 0.15) is 26.2 Å². The van der Waals surface area contributed by atoms with Gasteiger partial charge in [-0.1, -0.05) is 6.92 Å². The Labute approximate surface area is 161 Å². The number of nitrogens with zero attached hydrogens (tertiary/aromatic N) is 3.